The van der Waals surface area contributed by atoms with Gasteiger partial charge >= 0.3 is 6.03 Å². The zero-order chi connectivity index (χ0) is 11.5. The fraction of sp³-hybridized carbons (Fsp3) is 0.500. The molecule has 86 valence electrons. The maximum atomic E-state index is 11.6. The minimum absolute atomic E-state index is 0.0379. The number of carbonyl (C=O) groups excluding carboxylic acids is 1. The predicted molar refractivity (Wildman–Crippen MR) is 62.1 cm³/mol. The van der Waals surface area contributed by atoms with Crippen LogP contribution in [0.2, 0.25) is 0 Å². The predicted octanol–water partition coefficient (Wildman–Crippen LogP) is 1.43. The monoisotopic (exact) mass is 219 g/mol. The molecule has 2 amide bonds. The first-order chi connectivity index (χ1) is 7.66. The first-order valence-corrected chi connectivity index (χ1v) is 5.64. The third kappa shape index (κ3) is 2.32. The van der Waals surface area contributed by atoms with E-state index in [9.17, 15) is 4.79 Å². The molecule has 0 bridgehead atoms. The summed E-state index contributed by atoms with van der Waals surface area (Å²) in [5, 5.41) is 2.98. The second-order valence-corrected chi connectivity index (χ2v) is 4.42. The van der Waals surface area contributed by atoms with Crippen molar-refractivity contribution in [1.82, 2.24) is 15.2 Å². The number of amides is 2. The number of aromatic nitrogens is 1. The van der Waals surface area contributed by atoms with Crippen LogP contribution in [0.25, 0.3) is 0 Å². The Labute approximate surface area is 95.7 Å². The van der Waals surface area contributed by atoms with Crippen LogP contribution in [0.15, 0.2) is 24.4 Å². The molecule has 1 aliphatic rings. The first-order valence-electron chi connectivity index (χ1n) is 5.64. The summed E-state index contributed by atoms with van der Waals surface area (Å²) in [5.41, 5.74) is 1.03. The molecule has 1 N–H and O–H groups in total. The van der Waals surface area contributed by atoms with Crippen LogP contribution < -0.4 is 5.32 Å². The van der Waals surface area contributed by atoms with E-state index >= 15 is 0 Å². The number of nitrogens with one attached hydrogen (secondary N) is 1. The molecule has 0 aliphatic carbocycles. The average molecular weight is 219 g/mol. The molecule has 1 saturated heterocycles. The third-order valence-corrected chi connectivity index (χ3v) is 2.81. The van der Waals surface area contributed by atoms with Crippen LogP contribution in [0.4, 0.5) is 4.79 Å². The van der Waals surface area contributed by atoms with Crippen LogP contribution in [-0.2, 0) is 6.42 Å². The lowest BCUT2D eigenvalue weighted by molar-refractivity contribution is 0.206. The summed E-state index contributed by atoms with van der Waals surface area (Å²) in [6.07, 6.45) is 2.59. The van der Waals surface area contributed by atoms with Gasteiger partial charge in [-0.15, -0.1) is 0 Å². The van der Waals surface area contributed by atoms with E-state index in [4.69, 9.17) is 0 Å². The molecule has 1 aromatic heterocycles. The zero-order valence-corrected chi connectivity index (χ0v) is 9.68. The van der Waals surface area contributed by atoms with Crippen molar-refractivity contribution in [2.75, 3.05) is 6.54 Å². The molecule has 4 heteroatoms. The van der Waals surface area contributed by atoms with Gasteiger partial charge in [-0.25, -0.2) is 4.79 Å². The molecule has 0 saturated carbocycles. The maximum Gasteiger partial charge on any atom is 0.317 e. The lowest BCUT2D eigenvalue weighted by Crippen LogP contribution is -2.33. The number of urea groups is 1. The number of hydrogen-bond acceptors (Lipinski definition) is 2. The smallest absolute Gasteiger partial charge is 0.317 e. The lowest BCUT2D eigenvalue weighted by atomic mass is 10.1. The molecular weight excluding hydrogens is 202 g/mol. The number of rotatable bonds is 3. The van der Waals surface area contributed by atoms with Gasteiger partial charge in [0.2, 0.25) is 0 Å². The molecule has 1 aromatic rings. The highest BCUT2D eigenvalue weighted by atomic mass is 16.2. The van der Waals surface area contributed by atoms with Crippen molar-refractivity contribution < 1.29 is 4.79 Å². The fourth-order valence-electron chi connectivity index (χ4n) is 1.96. The molecule has 0 spiro atoms. The average Bonchev–Trinajstić information content (AvgIpc) is 2.61. The number of nitrogens with zero attached hydrogens (tertiary/aromatic N) is 2. The summed E-state index contributed by atoms with van der Waals surface area (Å²) in [6, 6.07) is 6.34. The Kier molecular flexibility index (Phi) is 3.08. The van der Waals surface area contributed by atoms with Crippen molar-refractivity contribution in [1.29, 1.82) is 0 Å². The number of carbonyl (C=O) groups is 1. The fourth-order valence-corrected chi connectivity index (χ4v) is 1.96. The summed E-state index contributed by atoms with van der Waals surface area (Å²) in [5.74, 6) is 0. The summed E-state index contributed by atoms with van der Waals surface area (Å²) < 4.78 is 0. The van der Waals surface area contributed by atoms with Crippen molar-refractivity contribution in [3.63, 3.8) is 0 Å². The van der Waals surface area contributed by atoms with E-state index < -0.39 is 0 Å². The Morgan fingerprint density at radius 3 is 2.94 bits per heavy atom. The van der Waals surface area contributed by atoms with Crippen molar-refractivity contribution in [2.45, 2.75) is 32.4 Å². The van der Waals surface area contributed by atoms with Gasteiger partial charge in [0.25, 0.3) is 0 Å². The summed E-state index contributed by atoms with van der Waals surface area (Å²) in [4.78, 5) is 17.7. The van der Waals surface area contributed by atoms with E-state index in [1.165, 1.54) is 0 Å². The van der Waals surface area contributed by atoms with Gasteiger partial charge in [-0.3, -0.25) is 4.98 Å². The summed E-state index contributed by atoms with van der Waals surface area (Å²) >= 11 is 0. The zero-order valence-electron chi connectivity index (χ0n) is 9.68. The summed E-state index contributed by atoms with van der Waals surface area (Å²) in [6.45, 7) is 4.83. The van der Waals surface area contributed by atoms with Gasteiger partial charge in [-0.2, -0.15) is 0 Å². The molecule has 4 nitrogen and oxygen atoms in total. The molecule has 1 aliphatic heterocycles. The number of pyridine rings is 1. The highest BCUT2D eigenvalue weighted by molar-refractivity contribution is 5.77. The molecule has 0 unspecified atom stereocenters. The van der Waals surface area contributed by atoms with E-state index in [0.717, 1.165) is 18.7 Å². The maximum absolute atomic E-state index is 11.6. The van der Waals surface area contributed by atoms with E-state index in [2.05, 4.69) is 10.3 Å². The van der Waals surface area contributed by atoms with E-state index in [1.807, 2.05) is 36.9 Å². The van der Waals surface area contributed by atoms with Crippen molar-refractivity contribution in [2.24, 2.45) is 0 Å². The van der Waals surface area contributed by atoms with E-state index in [-0.39, 0.29) is 18.1 Å². The van der Waals surface area contributed by atoms with Crippen LogP contribution >= 0.6 is 0 Å². The quantitative estimate of drug-likeness (QED) is 0.835. The third-order valence-electron chi connectivity index (χ3n) is 2.81. The van der Waals surface area contributed by atoms with Crippen LogP contribution in [0.3, 0.4) is 0 Å². The summed E-state index contributed by atoms with van der Waals surface area (Å²) in [7, 11) is 0. The van der Waals surface area contributed by atoms with Gasteiger partial charge in [-0.05, 0) is 26.0 Å². The highest BCUT2D eigenvalue weighted by Crippen LogP contribution is 2.11. The standard InChI is InChI=1S/C12H17N3O/c1-9(2)15-8-11(14-12(15)16)7-10-5-3-4-6-13-10/h3-6,9,11H,7-8H2,1-2H3,(H,14,16)/t11-/m1/s1. The Balaban J connectivity index is 1.97. The molecule has 1 atom stereocenters. The molecule has 16 heavy (non-hydrogen) atoms. The minimum Gasteiger partial charge on any atom is -0.333 e. The van der Waals surface area contributed by atoms with Crippen molar-refractivity contribution in [3.05, 3.63) is 30.1 Å². The molecule has 2 heterocycles. The second kappa shape index (κ2) is 4.51. The van der Waals surface area contributed by atoms with E-state index in [0.29, 0.717) is 0 Å². The molecule has 1 fully saturated rings. The molecular formula is C12H17N3O. The number of hydrogen-bond donors (Lipinski definition) is 1. The molecule has 2 rings (SSSR count). The van der Waals surface area contributed by atoms with Crippen LogP contribution in [0.1, 0.15) is 19.5 Å². The lowest BCUT2D eigenvalue weighted by Gasteiger charge is -2.18. The van der Waals surface area contributed by atoms with Crippen molar-refractivity contribution >= 4 is 6.03 Å². The molecule has 0 radical (unpaired) electrons. The van der Waals surface area contributed by atoms with Crippen LogP contribution in [-0.4, -0.2) is 34.5 Å². The highest BCUT2D eigenvalue weighted by Gasteiger charge is 2.30. The Morgan fingerprint density at radius 1 is 1.56 bits per heavy atom. The normalized spacial score (nSPS) is 20.3. The Hall–Kier alpha value is -1.58. The van der Waals surface area contributed by atoms with Gasteiger partial charge < -0.3 is 10.2 Å². The second-order valence-electron chi connectivity index (χ2n) is 4.42. The SMILES string of the molecule is CC(C)N1C[C@@H](Cc2ccccn2)NC1=O. The van der Waals surface area contributed by atoms with Gasteiger partial charge in [-0.1, -0.05) is 6.07 Å². The Morgan fingerprint density at radius 2 is 2.38 bits per heavy atom. The minimum atomic E-state index is 0.0379. The van der Waals surface area contributed by atoms with Gasteiger partial charge in [0.05, 0.1) is 6.04 Å². The van der Waals surface area contributed by atoms with Crippen LogP contribution in [0, 0.1) is 0 Å². The topological polar surface area (TPSA) is 45.2 Å². The van der Waals surface area contributed by atoms with E-state index in [1.54, 1.807) is 6.20 Å². The van der Waals surface area contributed by atoms with Crippen molar-refractivity contribution in [3.8, 4) is 0 Å². The van der Waals surface area contributed by atoms with Crippen LogP contribution in [0.5, 0.6) is 0 Å². The van der Waals surface area contributed by atoms with Gasteiger partial charge in [0.1, 0.15) is 0 Å². The Bertz CT molecular complexity index is 364. The van der Waals surface area contributed by atoms with Gasteiger partial charge in [0.15, 0.2) is 0 Å². The largest absolute Gasteiger partial charge is 0.333 e. The van der Waals surface area contributed by atoms with Gasteiger partial charge in [0, 0.05) is 30.9 Å². The molecule has 0 aromatic carbocycles. The first kappa shape index (κ1) is 10.9.